The summed E-state index contributed by atoms with van der Waals surface area (Å²) in [5, 5.41) is 11.7. The molecule has 0 radical (unpaired) electrons. The largest absolute Gasteiger partial charge is 0.478 e. The summed E-state index contributed by atoms with van der Waals surface area (Å²) >= 11 is 0. The number of aromatic nitrogens is 1. The number of carboxylic acid groups (broad SMARTS) is 1. The average Bonchev–Trinajstić information content (AvgIpc) is 2.59. The van der Waals surface area contributed by atoms with Crippen molar-refractivity contribution in [2.75, 3.05) is 13.1 Å². The first kappa shape index (κ1) is 17.9. The van der Waals surface area contributed by atoms with Crippen LogP contribution in [0.15, 0.2) is 18.5 Å². The van der Waals surface area contributed by atoms with E-state index >= 15 is 0 Å². The van der Waals surface area contributed by atoms with Gasteiger partial charge in [-0.3, -0.25) is 14.6 Å². The fourth-order valence-corrected chi connectivity index (χ4v) is 2.73. The van der Waals surface area contributed by atoms with Gasteiger partial charge in [-0.05, 0) is 31.2 Å². The summed E-state index contributed by atoms with van der Waals surface area (Å²) < 4.78 is 0. The van der Waals surface area contributed by atoms with E-state index in [1.54, 1.807) is 4.90 Å². The van der Waals surface area contributed by atoms with E-state index in [1.165, 1.54) is 18.5 Å². The highest BCUT2D eigenvalue weighted by Gasteiger charge is 2.29. The number of likely N-dealkylation sites (tertiary alicyclic amines) is 1. The molecule has 0 aliphatic carbocycles. The number of hydrogen-bond donors (Lipinski definition) is 2. The summed E-state index contributed by atoms with van der Waals surface area (Å²) in [6.07, 6.45) is 5.56. The Bertz CT molecular complexity index is 624. The van der Waals surface area contributed by atoms with Crippen LogP contribution in [0.25, 0.3) is 0 Å². The van der Waals surface area contributed by atoms with E-state index in [0.29, 0.717) is 13.1 Å². The van der Waals surface area contributed by atoms with Crippen molar-refractivity contribution in [2.24, 2.45) is 5.92 Å². The Morgan fingerprint density at radius 1 is 1.12 bits per heavy atom. The first-order valence-corrected chi connectivity index (χ1v) is 8.18. The molecule has 1 aromatic heterocycles. The van der Waals surface area contributed by atoms with Gasteiger partial charge in [-0.25, -0.2) is 4.79 Å². The highest BCUT2D eigenvalue weighted by molar-refractivity contribution is 5.99. The Labute approximate surface area is 141 Å². The number of nitrogens with one attached hydrogen (secondary N) is 1. The van der Waals surface area contributed by atoms with Crippen LogP contribution in [0.2, 0.25) is 0 Å². The number of amides is 2. The van der Waals surface area contributed by atoms with Gasteiger partial charge in [-0.1, -0.05) is 13.8 Å². The second kappa shape index (κ2) is 7.90. The van der Waals surface area contributed by atoms with Crippen LogP contribution in [-0.2, 0) is 4.79 Å². The van der Waals surface area contributed by atoms with Crippen molar-refractivity contribution in [3.05, 3.63) is 29.6 Å². The minimum atomic E-state index is -1.15. The molecule has 130 valence electrons. The van der Waals surface area contributed by atoms with Gasteiger partial charge < -0.3 is 15.3 Å². The fraction of sp³-hybridized carbons (Fsp3) is 0.529. The van der Waals surface area contributed by atoms with Crippen molar-refractivity contribution in [3.8, 4) is 0 Å². The van der Waals surface area contributed by atoms with Crippen LogP contribution in [0.1, 0.15) is 53.8 Å². The molecule has 1 aliphatic heterocycles. The van der Waals surface area contributed by atoms with Gasteiger partial charge in [0.2, 0.25) is 5.91 Å². The minimum absolute atomic E-state index is 0.0638. The monoisotopic (exact) mass is 333 g/mol. The summed E-state index contributed by atoms with van der Waals surface area (Å²) in [7, 11) is 0. The molecule has 0 bridgehead atoms. The van der Waals surface area contributed by atoms with Crippen molar-refractivity contribution in [1.82, 2.24) is 15.2 Å². The van der Waals surface area contributed by atoms with Gasteiger partial charge in [-0.2, -0.15) is 0 Å². The number of aromatic carboxylic acids is 1. The van der Waals surface area contributed by atoms with Crippen LogP contribution in [0.5, 0.6) is 0 Å². The van der Waals surface area contributed by atoms with Crippen molar-refractivity contribution in [3.63, 3.8) is 0 Å². The van der Waals surface area contributed by atoms with Crippen LogP contribution < -0.4 is 5.32 Å². The zero-order chi connectivity index (χ0) is 17.7. The van der Waals surface area contributed by atoms with Crippen LogP contribution in [0, 0.1) is 5.92 Å². The van der Waals surface area contributed by atoms with Gasteiger partial charge in [0.1, 0.15) is 6.04 Å². The van der Waals surface area contributed by atoms with Crippen LogP contribution >= 0.6 is 0 Å². The van der Waals surface area contributed by atoms with Gasteiger partial charge >= 0.3 is 5.97 Å². The third kappa shape index (κ3) is 4.31. The van der Waals surface area contributed by atoms with E-state index in [4.69, 9.17) is 5.11 Å². The maximum atomic E-state index is 12.7. The lowest BCUT2D eigenvalue weighted by atomic mass is 10.0. The Hall–Kier alpha value is -2.44. The summed E-state index contributed by atoms with van der Waals surface area (Å²) in [4.78, 5) is 41.6. The van der Waals surface area contributed by atoms with Crippen LogP contribution in [0.3, 0.4) is 0 Å². The summed E-state index contributed by atoms with van der Waals surface area (Å²) in [5.41, 5.74) is 0.0677. The quantitative estimate of drug-likeness (QED) is 0.851. The zero-order valence-electron chi connectivity index (χ0n) is 14.0. The zero-order valence-corrected chi connectivity index (χ0v) is 14.0. The highest BCUT2D eigenvalue weighted by Crippen LogP contribution is 2.14. The van der Waals surface area contributed by atoms with Crippen molar-refractivity contribution >= 4 is 17.8 Å². The Morgan fingerprint density at radius 2 is 1.75 bits per heavy atom. The molecule has 1 unspecified atom stereocenters. The van der Waals surface area contributed by atoms with Crippen molar-refractivity contribution in [2.45, 2.75) is 39.2 Å². The molecular formula is C17H23N3O4. The van der Waals surface area contributed by atoms with E-state index in [-0.39, 0.29) is 23.0 Å². The van der Waals surface area contributed by atoms with E-state index in [9.17, 15) is 14.4 Å². The number of nitrogens with zero attached hydrogens (tertiary/aromatic N) is 2. The van der Waals surface area contributed by atoms with Gasteiger partial charge in [0.25, 0.3) is 5.91 Å². The summed E-state index contributed by atoms with van der Waals surface area (Å²) in [5.74, 6) is -1.80. The molecule has 0 spiro atoms. The van der Waals surface area contributed by atoms with Gasteiger partial charge in [0.05, 0.1) is 11.1 Å². The first-order valence-electron chi connectivity index (χ1n) is 8.18. The third-order valence-electron chi connectivity index (χ3n) is 4.13. The Morgan fingerprint density at radius 3 is 2.33 bits per heavy atom. The lowest BCUT2D eigenvalue weighted by Gasteiger charge is -2.32. The summed E-state index contributed by atoms with van der Waals surface area (Å²) in [6.45, 7) is 5.18. The van der Waals surface area contributed by atoms with Crippen LogP contribution in [-0.4, -0.2) is 51.9 Å². The van der Waals surface area contributed by atoms with E-state index in [0.717, 1.165) is 19.3 Å². The van der Waals surface area contributed by atoms with Crippen LogP contribution in [0.4, 0.5) is 0 Å². The molecule has 24 heavy (non-hydrogen) atoms. The molecule has 7 heteroatoms. The van der Waals surface area contributed by atoms with Crippen molar-refractivity contribution in [1.29, 1.82) is 0 Å². The predicted octanol–water partition coefficient (Wildman–Crippen LogP) is 1.55. The molecule has 1 fully saturated rings. The predicted molar refractivity (Wildman–Crippen MR) is 87.7 cm³/mol. The molecule has 1 atom stereocenters. The molecular weight excluding hydrogens is 310 g/mol. The molecule has 1 saturated heterocycles. The topological polar surface area (TPSA) is 99.6 Å². The molecule has 2 heterocycles. The molecule has 2 rings (SSSR count). The third-order valence-corrected chi connectivity index (χ3v) is 4.13. The second-order valence-corrected chi connectivity index (χ2v) is 6.35. The lowest BCUT2D eigenvalue weighted by Crippen LogP contribution is -2.52. The minimum Gasteiger partial charge on any atom is -0.478 e. The maximum Gasteiger partial charge on any atom is 0.337 e. The summed E-state index contributed by atoms with van der Waals surface area (Å²) in [6, 6.07) is 0.622. The number of carboxylic acids is 1. The SMILES string of the molecule is CC(C)C(NC(=O)c1cncc(C(=O)O)c1)C(=O)N1CCCCC1. The first-order chi connectivity index (χ1) is 11.4. The molecule has 2 N–H and O–H groups in total. The number of piperidine rings is 1. The van der Waals surface area contributed by atoms with Gasteiger partial charge in [0.15, 0.2) is 0 Å². The number of rotatable bonds is 5. The molecule has 2 amide bonds. The second-order valence-electron chi connectivity index (χ2n) is 6.35. The standard InChI is InChI=1S/C17H23N3O4/c1-11(2)14(16(22)20-6-4-3-5-7-20)19-15(21)12-8-13(17(23)24)10-18-9-12/h8-11,14H,3-7H2,1-2H3,(H,19,21)(H,23,24). The molecule has 1 aromatic rings. The normalized spacial score (nSPS) is 15.9. The molecule has 0 saturated carbocycles. The molecule has 7 nitrogen and oxygen atoms in total. The smallest absolute Gasteiger partial charge is 0.337 e. The number of pyridine rings is 1. The van der Waals surface area contributed by atoms with E-state index < -0.39 is 17.9 Å². The fourth-order valence-electron chi connectivity index (χ4n) is 2.73. The Kier molecular flexibility index (Phi) is 5.89. The highest BCUT2D eigenvalue weighted by atomic mass is 16.4. The van der Waals surface area contributed by atoms with E-state index in [1.807, 2.05) is 13.8 Å². The molecule has 1 aliphatic rings. The van der Waals surface area contributed by atoms with Crippen molar-refractivity contribution < 1.29 is 19.5 Å². The Balaban J connectivity index is 2.12. The number of hydrogen-bond acceptors (Lipinski definition) is 4. The van der Waals surface area contributed by atoms with Gasteiger partial charge in [-0.15, -0.1) is 0 Å². The number of carbonyl (C=O) groups is 3. The average molecular weight is 333 g/mol. The molecule has 0 aromatic carbocycles. The maximum absolute atomic E-state index is 12.7. The van der Waals surface area contributed by atoms with E-state index in [2.05, 4.69) is 10.3 Å². The lowest BCUT2D eigenvalue weighted by molar-refractivity contribution is -0.135. The number of carbonyl (C=O) groups excluding carboxylic acids is 2. The van der Waals surface area contributed by atoms with Gasteiger partial charge in [0, 0.05) is 25.5 Å².